The molecule has 0 heterocycles. The Kier molecular flexibility index (Phi) is 32.3. The van der Waals surface area contributed by atoms with Crippen LogP contribution in [0.25, 0.3) is 0 Å². The van der Waals surface area contributed by atoms with Crippen LogP contribution in [-0.2, 0) is 32.7 Å². The molecular formula is C40H76NO8P. The second-order valence-electron chi connectivity index (χ2n) is 14.6. The molecule has 0 N–H and O–H groups in total. The molecule has 0 fully saturated rings. The lowest BCUT2D eigenvalue weighted by molar-refractivity contribution is -0.870. The number of unbranched alkanes of at least 4 members (excludes halogenated alkanes) is 18. The molecule has 0 bridgehead atoms. The van der Waals surface area contributed by atoms with E-state index in [4.69, 9.17) is 18.5 Å². The normalized spacial score (nSPS) is 14.0. The minimum absolute atomic E-state index is 0.0329. The highest BCUT2D eigenvalue weighted by Crippen LogP contribution is 2.38. The molecule has 0 aromatic heterocycles. The number of likely N-dealkylation sites (N-methyl/N-ethyl adjacent to an activating group) is 1. The van der Waals surface area contributed by atoms with E-state index < -0.39 is 32.5 Å². The highest BCUT2D eigenvalue weighted by molar-refractivity contribution is 7.45. The van der Waals surface area contributed by atoms with Crippen LogP contribution in [0.3, 0.4) is 0 Å². The van der Waals surface area contributed by atoms with Crippen LogP contribution in [0.15, 0.2) is 24.3 Å². The third-order valence-corrected chi connectivity index (χ3v) is 9.41. The highest BCUT2D eigenvalue weighted by atomic mass is 31.2. The van der Waals surface area contributed by atoms with Gasteiger partial charge in [-0.15, -0.1) is 0 Å². The van der Waals surface area contributed by atoms with Crippen LogP contribution < -0.4 is 4.89 Å². The number of nitrogens with zero attached hydrogens (tertiary/aromatic N) is 1. The summed E-state index contributed by atoms with van der Waals surface area (Å²) in [6.07, 6.45) is 33.4. The first-order valence-corrected chi connectivity index (χ1v) is 21.5. The average molecular weight is 730 g/mol. The second-order valence-corrected chi connectivity index (χ2v) is 16.1. The van der Waals surface area contributed by atoms with E-state index >= 15 is 0 Å². The van der Waals surface area contributed by atoms with Crippen molar-refractivity contribution in [3.05, 3.63) is 24.3 Å². The van der Waals surface area contributed by atoms with Crippen LogP contribution in [-0.4, -0.2) is 70.0 Å². The standard InChI is InChI=1S/C40H76NO8P/c1-6-8-10-12-14-16-18-20-22-24-26-28-30-32-39(42)46-36-38(37-48-50(44,45)47-35-34-41(3,4)5)49-40(43)33-31-29-27-25-23-21-19-17-15-13-11-9-7-2/h16-19,38H,6-15,20-37H2,1-5H3/t38-/m1/s1. The van der Waals surface area contributed by atoms with Gasteiger partial charge in [0.2, 0.25) is 0 Å². The number of hydrogen-bond donors (Lipinski definition) is 0. The van der Waals surface area contributed by atoms with Gasteiger partial charge in [0.05, 0.1) is 27.7 Å². The molecule has 0 aliphatic heterocycles. The molecule has 10 heteroatoms. The van der Waals surface area contributed by atoms with Crippen molar-refractivity contribution < 1.29 is 42.1 Å². The number of quaternary nitrogens is 1. The fourth-order valence-electron chi connectivity index (χ4n) is 5.23. The summed E-state index contributed by atoms with van der Waals surface area (Å²) < 4.78 is 33.8. The lowest BCUT2D eigenvalue weighted by Crippen LogP contribution is -2.37. The average Bonchev–Trinajstić information content (AvgIpc) is 3.06. The van der Waals surface area contributed by atoms with Gasteiger partial charge in [-0.2, -0.15) is 0 Å². The summed E-state index contributed by atoms with van der Waals surface area (Å²) in [7, 11) is 1.15. The topological polar surface area (TPSA) is 111 Å². The van der Waals surface area contributed by atoms with Crippen LogP contribution in [0.5, 0.6) is 0 Å². The van der Waals surface area contributed by atoms with Crippen LogP contribution in [0.1, 0.15) is 168 Å². The van der Waals surface area contributed by atoms with Gasteiger partial charge >= 0.3 is 11.9 Å². The fraction of sp³-hybridized carbons (Fsp3) is 0.850. The summed E-state index contributed by atoms with van der Waals surface area (Å²) in [4.78, 5) is 37.3. The van der Waals surface area contributed by atoms with Crippen molar-refractivity contribution >= 4 is 19.8 Å². The predicted molar refractivity (Wildman–Crippen MR) is 204 cm³/mol. The predicted octanol–water partition coefficient (Wildman–Crippen LogP) is 10.2. The third kappa shape index (κ3) is 36.3. The van der Waals surface area contributed by atoms with Gasteiger partial charge in [0.1, 0.15) is 19.8 Å². The number of phosphoric acid groups is 1. The Balaban J connectivity index is 4.44. The van der Waals surface area contributed by atoms with E-state index in [1.807, 2.05) is 21.1 Å². The van der Waals surface area contributed by atoms with Gasteiger partial charge < -0.3 is 27.9 Å². The van der Waals surface area contributed by atoms with E-state index in [0.29, 0.717) is 17.4 Å². The van der Waals surface area contributed by atoms with Gasteiger partial charge in [-0.25, -0.2) is 0 Å². The maximum atomic E-state index is 12.6. The molecule has 0 spiro atoms. The smallest absolute Gasteiger partial charge is 0.306 e. The number of hydrogen-bond acceptors (Lipinski definition) is 8. The van der Waals surface area contributed by atoms with Crippen LogP contribution in [0, 0.1) is 0 Å². The first-order valence-electron chi connectivity index (χ1n) is 20.0. The molecule has 1 unspecified atom stereocenters. The number of carbonyl (C=O) groups excluding carboxylic acids is 2. The van der Waals surface area contributed by atoms with Crippen molar-refractivity contribution in [2.24, 2.45) is 0 Å². The quantitative estimate of drug-likeness (QED) is 0.0206. The summed E-state index contributed by atoms with van der Waals surface area (Å²) in [5.41, 5.74) is 0. The molecule has 9 nitrogen and oxygen atoms in total. The van der Waals surface area contributed by atoms with E-state index in [1.54, 1.807) is 0 Å². The summed E-state index contributed by atoms with van der Waals surface area (Å²) in [6, 6.07) is 0. The zero-order valence-electron chi connectivity index (χ0n) is 32.8. The number of rotatable bonds is 36. The molecule has 0 radical (unpaired) electrons. The molecule has 0 aliphatic carbocycles. The zero-order valence-corrected chi connectivity index (χ0v) is 33.7. The fourth-order valence-corrected chi connectivity index (χ4v) is 5.96. The summed E-state index contributed by atoms with van der Waals surface area (Å²) >= 11 is 0. The molecule has 0 amide bonds. The second kappa shape index (κ2) is 33.3. The maximum absolute atomic E-state index is 12.6. The van der Waals surface area contributed by atoms with Crippen molar-refractivity contribution in [1.82, 2.24) is 0 Å². The molecule has 0 saturated carbocycles. The minimum Gasteiger partial charge on any atom is -0.756 e. The van der Waals surface area contributed by atoms with Crippen molar-refractivity contribution in [1.29, 1.82) is 0 Å². The van der Waals surface area contributed by atoms with Crippen molar-refractivity contribution in [3.8, 4) is 0 Å². The van der Waals surface area contributed by atoms with Crippen LogP contribution >= 0.6 is 7.82 Å². The SMILES string of the molecule is CCCCCCC=CCCCCCCCC(=O)OC[C@H](COP(=O)([O-])OCC[N+](C)(C)C)OC(=O)CCCCCCCC=CCCCCCC. The van der Waals surface area contributed by atoms with E-state index in [2.05, 4.69) is 38.2 Å². The lowest BCUT2D eigenvalue weighted by atomic mass is 10.1. The van der Waals surface area contributed by atoms with E-state index in [9.17, 15) is 19.0 Å². The lowest BCUT2D eigenvalue weighted by Gasteiger charge is -2.28. The summed E-state index contributed by atoms with van der Waals surface area (Å²) in [6.45, 7) is 4.16. The molecule has 50 heavy (non-hydrogen) atoms. The molecule has 0 aromatic rings. The number of ether oxygens (including phenoxy) is 2. The molecule has 2 atom stereocenters. The minimum atomic E-state index is -4.62. The number of phosphoric ester groups is 1. The maximum Gasteiger partial charge on any atom is 0.306 e. The van der Waals surface area contributed by atoms with Gasteiger partial charge in [0.15, 0.2) is 6.10 Å². The van der Waals surface area contributed by atoms with Gasteiger partial charge in [-0.1, -0.05) is 115 Å². The molecule has 0 rings (SSSR count). The molecule has 294 valence electrons. The molecular weight excluding hydrogens is 653 g/mol. The Morgan fingerprint density at radius 1 is 0.600 bits per heavy atom. The van der Waals surface area contributed by atoms with E-state index in [0.717, 1.165) is 70.6 Å². The number of allylic oxidation sites excluding steroid dienone is 4. The Bertz CT molecular complexity index is 918. The Morgan fingerprint density at radius 3 is 1.48 bits per heavy atom. The first kappa shape index (κ1) is 48.5. The first-order chi connectivity index (χ1) is 24.0. The number of carbonyl (C=O) groups is 2. The van der Waals surface area contributed by atoms with E-state index in [-0.39, 0.29) is 26.1 Å². The van der Waals surface area contributed by atoms with Crippen LogP contribution in [0.4, 0.5) is 0 Å². The van der Waals surface area contributed by atoms with Crippen molar-refractivity contribution in [3.63, 3.8) is 0 Å². The van der Waals surface area contributed by atoms with Crippen molar-refractivity contribution in [2.75, 3.05) is 47.5 Å². The largest absolute Gasteiger partial charge is 0.756 e. The molecule has 0 aliphatic rings. The monoisotopic (exact) mass is 730 g/mol. The Labute approximate surface area is 307 Å². The highest BCUT2D eigenvalue weighted by Gasteiger charge is 2.21. The third-order valence-electron chi connectivity index (χ3n) is 8.44. The van der Waals surface area contributed by atoms with Gasteiger partial charge in [0.25, 0.3) is 7.82 Å². The summed E-state index contributed by atoms with van der Waals surface area (Å²) in [5, 5.41) is 0. The van der Waals surface area contributed by atoms with Gasteiger partial charge in [0, 0.05) is 12.8 Å². The van der Waals surface area contributed by atoms with Gasteiger partial charge in [-0.05, 0) is 64.2 Å². The van der Waals surface area contributed by atoms with Gasteiger partial charge in [-0.3, -0.25) is 14.2 Å². The zero-order chi connectivity index (χ0) is 37.2. The Hall–Kier alpha value is -1.51. The van der Waals surface area contributed by atoms with Crippen LogP contribution in [0.2, 0.25) is 0 Å². The van der Waals surface area contributed by atoms with Crippen molar-refractivity contribution in [2.45, 2.75) is 174 Å². The summed E-state index contributed by atoms with van der Waals surface area (Å²) in [5.74, 6) is -0.855. The molecule has 0 aromatic carbocycles. The Morgan fingerprint density at radius 2 is 1.02 bits per heavy atom. The number of esters is 2. The molecule has 0 saturated heterocycles. The van der Waals surface area contributed by atoms with E-state index in [1.165, 1.54) is 64.2 Å².